The van der Waals surface area contributed by atoms with E-state index in [1.165, 1.54) is 32.0 Å². The molecule has 0 radical (unpaired) electrons. The fourth-order valence-electron chi connectivity index (χ4n) is 1.79. The number of nitrogens with one attached hydrogen (secondary N) is 1. The Hall–Kier alpha value is -1.03. The molecule has 1 nitrogen and oxygen atoms in total. The summed E-state index contributed by atoms with van der Waals surface area (Å²) >= 11 is 0. The monoisotopic (exact) mass is 259 g/mol. The summed E-state index contributed by atoms with van der Waals surface area (Å²) in [5.74, 6) is 0.973. The van der Waals surface area contributed by atoms with Gasteiger partial charge in [0.15, 0.2) is 0 Å². The van der Waals surface area contributed by atoms with E-state index in [9.17, 15) is 13.2 Å². The van der Waals surface area contributed by atoms with Gasteiger partial charge < -0.3 is 5.32 Å². The molecule has 0 amide bonds. The van der Waals surface area contributed by atoms with Gasteiger partial charge in [0, 0.05) is 0 Å². The van der Waals surface area contributed by atoms with Crippen molar-refractivity contribution >= 4 is 0 Å². The minimum Gasteiger partial charge on any atom is -0.317 e. The maximum absolute atomic E-state index is 12.0. The van der Waals surface area contributed by atoms with Gasteiger partial charge in [0.2, 0.25) is 0 Å². The van der Waals surface area contributed by atoms with Crippen molar-refractivity contribution in [3.8, 4) is 0 Å². The second kappa shape index (κ2) is 6.78. The number of aryl methyl sites for hydroxylation is 1. The zero-order valence-corrected chi connectivity index (χ0v) is 10.8. The van der Waals surface area contributed by atoms with E-state index in [1.807, 2.05) is 0 Å². The molecular weight excluding hydrogens is 239 g/mol. The first kappa shape index (κ1) is 15.0. The molecule has 1 fully saturated rings. The van der Waals surface area contributed by atoms with Crippen LogP contribution in [0.3, 0.4) is 0 Å². The van der Waals surface area contributed by atoms with Crippen molar-refractivity contribution in [1.29, 1.82) is 0 Å². The summed E-state index contributed by atoms with van der Waals surface area (Å²) in [6, 6.07) is 5.22. The van der Waals surface area contributed by atoms with Crippen LogP contribution in [0.2, 0.25) is 0 Å². The third-order valence-corrected chi connectivity index (χ3v) is 2.97. The molecule has 1 aliphatic heterocycles. The molecule has 1 N–H and O–H groups in total. The third kappa shape index (κ3) is 5.54. The molecule has 0 spiro atoms. The topological polar surface area (TPSA) is 12.0 Å². The second-order valence-electron chi connectivity index (χ2n) is 4.80. The number of benzene rings is 1. The Morgan fingerprint density at radius 3 is 2.11 bits per heavy atom. The van der Waals surface area contributed by atoms with E-state index in [4.69, 9.17) is 0 Å². The molecule has 2 rings (SSSR count). The van der Waals surface area contributed by atoms with Gasteiger partial charge in [-0.15, -0.1) is 0 Å². The first-order valence-corrected chi connectivity index (χ1v) is 6.24. The number of rotatable bonds is 0. The Labute approximate surface area is 106 Å². The van der Waals surface area contributed by atoms with Crippen LogP contribution in [0.15, 0.2) is 24.3 Å². The maximum Gasteiger partial charge on any atom is 0.416 e. The Kier molecular flexibility index (Phi) is 5.66. The molecule has 0 saturated carbocycles. The first-order chi connectivity index (χ1) is 8.39. The molecule has 4 heteroatoms. The molecule has 102 valence electrons. The van der Waals surface area contributed by atoms with Crippen LogP contribution in [0.5, 0.6) is 0 Å². The Balaban J connectivity index is 0.000000199. The smallest absolute Gasteiger partial charge is 0.317 e. The van der Waals surface area contributed by atoms with Crippen molar-refractivity contribution in [2.75, 3.05) is 13.1 Å². The van der Waals surface area contributed by atoms with Crippen molar-refractivity contribution in [1.82, 2.24) is 5.32 Å². The summed E-state index contributed by atoms with van der Waals surface area (Å²) in [4.78, 5) is 0. The average molecular weight is 259 g/mol. The van der Waals surface area contributed by atoms with Crippen molar-refractivity contribution in [3.05, 3.63) is 35.4 Å². The molecule has 0 unspecified atom stereocenters. The molecule has 1 aliphatic rings. The standard InChI is InChI=1S/C8H7F3.C6H13N/c1-6-3-2-4-7(5-6)8(9,10)11;1-6-2-4-7-5-3-6/h2-5H,1H3;6-7H,2-5H2,1H3. The average Bonchev–Trinajstić information content (AvgIpc) is 2.30. The first-order valence-electron chi connectivity index (χ1n) is 6.24. The summed E-state index contributed by atoms with van der Waals surface area (Å²) in [6.45, 7) is 6.43. The molecule has 1 heterocycles. The van der Waals surface area contributed by atoms with Crippen LogP contribution in [0.25, 0.3) is 0 Å². The highest BCUT2D eigenvalue weighted by molar-refractivity contribution is 5.24. The highest BCUT2D eigenvalue weighted by Crippen LogP contribution is 2.29. The zero-order valence-electron chi connectivity index (χ0n) is 10.8. The van der Waals surface area contributed by atoms with Gasteiger partial charge in [-0.25, -0.2) is 0 Å². The molecule has 1 aromatic rings. The SMILES string of the molecule is CC1CCNCC1.Cc1cccc(C(F)(F)F)c1. The highest BCUT2D eigenvalue weighted by atomic mass is 19.4. The van der Waals surface area contributed by atoms with E-state index in [0.717, 1.165) is 18.1 Å². The summed E-state index contributed by atoms with van der Waals surface area (Å²) in [5, 5.41) is 3.32. The molecule has 18 heavy (non-hydrogen) atoms. The molecule has 1 saturated heterocycles. The van der Waals surface area contributed by atoms with Gasteiger partial charge in [-0.3, -0.25) is 0 Å². The number of hydrogen-bond acceptors (Lipinski definition) is 1. The van der Waals surface area contributed by atoms with Gasteiger partial charge >= 0.3 is 6.18 Å². The lowest BCUT2D eigenvalue weighted by Gasteiger charge is -2.17. The minimum atomic E-state index is -4.22. The van der Waals surface area contributed by atoms with Gasteiger partial charge in [-0.2, -0.15) is 13.2 Å². The van der Waals surface area contributed by atoms with Crippen molar-refractivity contribution in [2.45, 2.75) is 32.9 Å². The lowest BCUT2D eigenvalue weighted by molar-refractivity contribution is -0.137. The zero-order chi connectivity index (χ0) is 13.6. The van der Waals surface area contributed by atoms with E-state index in [-0.39, 0.29) is 0 Å². The quantitative estimate of drug-likeness (QED) is 0.742. The fraction of sp³-hybridized carbons (Fsp3) is 0.571. The van der Waals surface area contributed by atoms with Crippen LogP contribution >= 0.6 is 0 Å². The molecule has 0 atom stereocenters. The minimum absolute atomic E-state index is 0.586. The third-order valence-electron chi connectivity index (χ3n) is 2.97. The number of hydrogen-bond donors (Lipinski definition) is 1. The fourth-order valence-corrected chi connectivity index (χ4v) is 1.79. The normalized spacial score (nSPS) is 16.9. The van der Waals surface area contributed by atoms with Crippen LogP contribution in [-0.4, -0.2) is 13.1 Å². The number of halogens is 3. The van der Waals surface area contributed by atoms with Crippen LogP contribution in [0.1, 0.15) is 30.9 Å². The second-order valence-corrected chi connectivity index (χ2v) is 4.80. The lowest BCUT2D eigenvalue weighted by atomic mass is 10.0. The summed E-state index contributed by atoms with van der Waals surface area (Å²) in [7, 11) is 0. The van der Waals surface area contributed by atoms with E-state index < -0.39 is 11.7 Å². The molecule has 0 aromatic heterocycles. The van der Waals surface area contributed by atoms with Gasteiger partial charge in [-0.1, -0.05) is 30.7 Å². The van der Waals surface area contributed by atoms with E-state index in [0.29, 0.717) is 5.56 Å². The van der Waals surface area contributed by atoms with E-state index >= 15 is 0 Å². The van der Waals surface area contributed by atoms with Crippen LogP contribution in [0.4, 0.5) is 13.2 Å². The Morgan fingerprint density at radius 1 is 1.17 bits per heavy atom. The summed E-state index contributed by atoms with van der Waals surface area (Å²) < 4.78 is 35.9. The van der Waals surface area contributed by atoms with Crippen LogP contribution < -0.4 is 5.32 Å². The maximum atomic E-state index is 12.0. The van der Waals surface area contributed by atoms with Gasteiger partial charge in [0.05, 0.1) is 5.56 Å². The van der Waals surface area contributed by atoms with E-state index in [1.54, 1.807) is 13.0 Å². The van der Waals surface area contributed by atoms with Crippen LogP contribution in [0, 0.1) is 12.8 Å². The van der Waals surface area contributed by atoms with Crippen LogP contribution in [-0.2, 0) is 6.18 Å². The number of alkyl halides is 3. The van der Waals surface area contributed by atoms with Crippen molar-refractivity contribution in [2.24, 2.45) is 5.92 Å². The van der Waals surface area contributed by atoms with Gasteiger partial charge in [0.1, 0.15) is 0 Å². The summed E-state index contributed by atoms with van der Waals surface area (Å²) in [5.41, 5.74) is 0.0392. The Bertz CT molecular complexity index is 354. The van der Waals surface area contributed by atoms with Crippen molar-refractivity contribution in [3.63, 3.8) is 0 Å². The summed E-state index contributed by atoms with van der Waals surface area (Å²) in [6.07, 6.45) is -1.47. The Morgan fingerprint density at radius 2 is 1.78 bits per heavy atom. The largest absolute Gasteiger partial charge is 0.416 e. The predicted octanol–water partition coefficient (Wildman–Crippen LogP) is 4.02. The molecule has 1 aromatic carbocycles. The van der Waals surface area contributed by atoms with Gasteiger partial charge in [-0.05, 0) is 44.8 Å². The van der Waals surface area contributed by atoms with E-state index in [2.05, 4.69) is 12.2 Å². The van der Waals surface area contributed by atoms with Gasteiger partial charge in [0.25, 0.3) is 0 Å². The highest BCUT2D eigenvalue weighted by Gasteiger charge is 2.29. The molecule has 0 aliphatic carbocycles. The predicted molar refractivity (Wildman–Crippen MR) is 67.4 cm³/mol. The molecular formula is C14H20F3N. The lowest BCUT2D eigenvalue weighted by Crippen LogP contribution is -2.26. The number of piperidine rings is 1. The molecule has 0 bridgehead atoms. The van der Waals surface area contributed by atoms with Crippen molar-refractivity contribution < 1.29 is 13.2 Å².